The number of thioether (sulfide) groups is 1. The van der Waals surface area contributed by atoms with Gasteiger partial charge in [-0.25, -0.2) is 4.39 Å². The summed E-state index contributed by atoms with van der Waals surface area (Å²) >= 11 is 5.99. The summed E-state index contributed by atoms with van der Waals surface area (Å²) in [6, 6.07) is 5.42. The molecule has 1 heterocycles. The number of rotatable bonds is 3. The number of halogens is 1. The Hall–Kier alpha value is -1.47. The second-order valence-electron chi connectivity index (χ2n) is 3.64. The molecule has 2 amide bonds. The van der Waals surface area contributed by atoms with Crippen molar-refractivity contribution in [3.63, 3.8) is 0 Å². The topological polar surface area (TPSA) is 58.2 Å². The molecule has 0 unspecified atom stereocenters. The number of nitrogens with one attached hydrogen (secondary N) is 2. The molecule has 0 saturated carbocycles. The van der Waals surface area contributed by atoms with Crippen LogP contribution in [0.25, 0.3) is 0 Å². The molecule has 94 valence electrons. The predicted molar refractivity (Wildman–Crippen MR) is 71.8 cm³/mol. The van der Waals surface area contributed by atoms with E-state index in [0.29, 0.717) is 10.0 Å². The molecular formula is C11H9FN2O2S2. The monoisotopic (exact) mass is 284 g/mol. The third-order valence-electron chi connectivity index (χ3n) is 2.27. The summed E-state index contributed by atoms with van der Waals surface area (Å²) < 4.78 is 13.1. The lowest BCUT2D eigenvalue weighted by Crippen LogP contribution is -2.27. The first-order valence-electron chi connectivity index (χ1n) is 5.11. The van der Waals surface area contributed by atoms with Gasteiger partial charge in [0.2, 0.25) is 11.8 Å². The molecule has 2 rings (SSSR count). The highest BCUT2D eigenvalue weighted by Crippen LogP contribution is 2.22. The van der Waals surface area contributed by atoms with E-state index >= 15 is 0 Å². The normalized spacial score (nSPS) is 18.6. The highest BCUT2D eigenvalue weighted by molar-refractivity contribution is 8.24. The molecule has 1 aliphatic heterocycles. The summed E-state index contributed by atoms with van der Waals surface area (Å²) in [6.07, 6.45) is 0.0357. The smallest absolute Gasteiger partial charge is 0.239 e. The van der Waals surface area contributed by atoms with Gasteiger partial charge in [-0.3, -0.25) is 9.59 Å². The third-order valence-corrected chi connectivity index (χ3v) is 3.64. The van der Waals surface area contributed by atoms with Gasteiger partial charge >= 0.3 is 0 Å². The average Bonchev–Trinajstić information content (AvgIpc) is 2.61. The minimum atomic E-state index is -0.488. The molecule has 1 saturated heterocycles. The van der Waals surface area contributed by atoms with E-state index in [-0.39, 0.29) is 24.1 Å². The van der Waals surface area contributed by atoms with Gasteiger partial charge in [0.1, 0.15) is 10.1 Å². The Morgan fingerprint density at radius 2 is 2.11 bits per heavy atom. The van der Waals surface area contributed by atoms with Gasteiger partial charge in [-0.15, -0.1) is 0 Å². The van der Waals surface area contributed by atoms with Crippen molar-refractivity contribution in [1.82, 2.24) is 5.32 Å². The molecule has 0 aliphatic carbocycles. The van der Waals surface area contributed by atoms with E-state index in [9.17, 15) is 14.0 Å². The summed E-state index contributed by atoms with van der Waals surface area (Å²) in [5.41, 5.74) is 0.493. The van der Waals surface area contributed by atoms with Crippen LogP contribution in [0.2, 0.25) is 0 Å². The summed E-state index contributed by atoms with van der Waals surface area (Å²) in [5, 5.41) is 4.57. The first-order chi connectivity index (χ1) is 8.54. The highest BCUT2D eigenvalue weighted by Gasteiger charge is 2.30. The maximum Gasteiger partial charge on any atom is 0.239 e. The first-order valence-corrected chi connectivity index (χ1v) is 6.40. The zero-order chi connectivity index (χ0) is 13.1. The zero-order valence-electron chi connectivity index (χ0n) is 9.10. The van der Waals surface area contributed by atoms with Crippen molar-refractivity contribution in [2.75, 3.05) is 5.32 Å². The van der Waals surface area contributed by atoms with Gasteiger partial charge in [-0.1, -0.05) is 24.0 Å². The van der Waals surface area contributed by atoms with Gasteiger partial charge in [0.05, 0.1) is 5.25 Å². The molecule has 2 N–H and O–H groups in total. The molecule has 1 aliphatic rings. The third kappa shape index (κ3) is 3.27. The number of amides is 2. The Kier molecular flexibility index (Phi) is 3.93. The number of thiocarbonyl (C=S) groups is 1. The first kappa shape index (κ1) is 13.0. The Morgan fingerprint density at radius 1 is 1.44 bits per heavy atom. The Morgan fingerprint density at radius 3 is 2.67 bits per heavy atom. The molecule has 18 heavy (non-hydrogen) atoms. The predicted octanol–water partition coefficient (Wildman–Crippen LogP) is 1.67. The van der Waals surface area contributed by atoms with Crippen LogP contribution in [0.5, 0.6) is 0 Å². The SMILES string of the molecule is O=C(C[C@@H]1SC(=S)NC1=O)Nc1ccc(F)cc1. The lowest BCUT2D eigenvalue weighted by atomic mass is 10.2. The van der Waals surface area contributed by atoms with Crippen LogP contribution in [-0.4, -0.2) is 21.4 Å². The number of carbonyl (C=O) groups is 2. The molecule has 4 nitrogen and oxygen atoms in total. The van der Waals surface area contributed by atoms with Crippen molar-refractivity contribution in [3.05, 3.63) is 30.1 Å². The van der Waals surface area contributed by atoms with Gasteiger partial charge in [0.25, 0.3) is 0 Å². The van der Waals surface area contributed by atoms with Crippen LogP contribution in [0.1, 0.15) is 6.42 Å². The summed E-state index contributed by atoms with van der Waals surface area (Å²) in [6.45, 7) is 0. The summed E-state index contributed by atoms with van der Waals surface area (Å²) in [7, 11) is 0. The van der Waals surface area contributed by atoms with Crippen LogP contribution in [-0.2, 0) is 9.59 Å². The van der Waals surface area contributed by atoms with Crippen molar-refractivity contribution >= 4 is 45.8 Å². The molecule has 1 aromatic rings. The molecule has 1 atom stereocenters. The van der Waals surface area contributed by atoms with Crippen molar-refractivity contribution in [3.8, 4) is 0 Å². The molecule has 7 heteroatoms. The van der Waals surface area contributed by atoms with Crippen molar-refractivity contribution in [1.29, 1.82) is 0 Å². The van der Waals surface area contributed by atoms with Crippen LogP contribution in [0.4, 0.5) is 10.1 Å². The second-order valence-corrected chi connectivity index (χ2v) is 5.52. The number of hydrogen-bond acceptors (Lipinski definition) is 4. The minimum absolute atomic E-state index is 0.0357. The Bertz CT molecular complexity index is 504. The highest BCUT2D eigenvalue weighted by atomic mass is 32.2. The lowest BCUT2D eigenvalue weighted by molar-refractivity contribution is -0.122. The summed E-state index contributed by atoms with van der Waals surface area (Å²) in [4.78, 5) is 23.0. The van der Waals surface area contributed by atoms with Crippen LogP contribution < -0.4 is 10.6 Å². The van der Waals surface area contributed by atoms with E-state index in [4.69, 9.17) is 12.2 Å². The zero-order valence-corrected chi connectivity index (χ0v) is 10.7. The number of anilines is 1. The quantitative estimate of drug-likeness (QED) is 0.829. The molecule has 0 spiro atoms. The maximum atomic E-state index is 12.7. The van der Waals surface area contributed by atoms with Crippen molar-refractivity contribution < 1.29 is 14.0 Å². The molecule has 0 aromatic heterocycles. The fourth-order valence-corrected chi connectivity index (χ4v) is 2.71. The van der Waals surface area contributed by atoms with Gasteiger partial charge in [0, 0.05) is 12.1 Å². The van der Waals surface area contributed by atoms with E-state index in [2.05, 4.69) is 10.6 Å². The standard InChI is InChI=1S/C11H9FN2O2S2/c12-6-1-3-7(4-2-6)13-9(15)5-8-10(16)14-11(17)18-8/h1-4,8H,5H2,(H,13,15)(H,14,16,17)/t8-/m0/s1. The van der Waals surface area contributed by atoms with Crippen molar-refractivity contribution in [2.24, 2.45) is 0 Å². The number of benzene rings is 1. The van der Waals surface area contributed by atoms with E-state index < -0.39 is 5.25 Å². The fourth-order valence-electron chi connectivity index (χ4n) is 1.44. The van der Waals surface area contributed by atoms with Crippen LogP contribution in [0, 0.1) is 5.82 Å². The Labute approximate surface area is 112 Å². The van der Waals surface area contributed by atoms with Gasteiger partial charge in [-0.05, 0) is 24.3 Å². The van der Waals surface area contributed by atoms with E-state index in [1.54, 1.807) is 0 Å². The molecule has 1 aromatic carbocycles. The largest absolute Gasteiger partial charge is 0.326 e. The number of carbonyl (C=O) groups excluding carboxylic acids is 2. The van der Waals surface area contributed by atoms with Crippen LogP contribution >= 0.6 is 24.0 Å². The maximum absolute atomic E-state index is 12.7. The summed E-state index contributed by atoms with van der Waals surface area (Å²) in [5.74, 6) is -0.928. The molecular weight excluding hydrogens is 275 g/mol. The Balaban J connectivity index is 1.91. The molecule has 0 radical (unpaired) electrons. The van der Waals surface area contributed by atoms with Crippen LogP contribution in [0.15, 0.2) is 24.3 Å². The number of hydrogen-bond donors (Lipinski definition) is 2. The van der Waals surface area contributed by atoms with Gasteiger partial charge in [0.15, 0.2) is 0 Å². The van der Waals surface area contributed by atoms with E-state index in [1.165, 1.54) is 24.3 Å². The molecule has 1 fully saturated rings. The van der Waals surface area contributed by atoms with Crippen LogP contribution in [0.3, 0.4) is 0 Å². The second kappa shape index (κ2) is 5.45. The van der Waals surface area contributed by atoms with Crippen molar-refractivity contribution in [2.45, 2.75) is 11.7 Å². The minimum Gasteiger partial charge on any atom is -0.326 e. The van der Waals surface area contributed by atoms with E-state index in [0.717, 1.165) is 11.8 Å². The van der Waals surface area contributed by atoms with Gasteiger partial charge in [-0.2, -0.15) is 0 Å². The fraction of sp³-hybridized carbons (Fsp3) is 0.182. The lowest BCUT2D eigenvalue weighted by Gasteiger charge is -2.07. The van der Waals surface area contributed by atoms with E-state index in [1.807, 2.05) is 0 Å². The molecule has 0 bridgehead atoms. The van der Waals surface area contributed by atoms with Gasteiger partial charge < -0.3 is 10.6 Å². The average molecular weight is 284 g/mol.